The zero-order valence-corrected chi connectivity index (χ0v) is 11.9. The molecular weight excluding hydrogens is 267 g/mol. The highest BCUT2D eigenvalue weighted by atomic mass is 19.1. The number of hydrogen-bond acceptors (Lipinski definition) is 2. The van der Waals surface area contributed by atoms with Gasteiger partial charge in [0.15, 0.2) is 0 Å². The Balaban J connectivity index is 1.78. The predicted molar refractivity (Wildman–Crippen MR) is 79.0 cm³/mol. The van der Waals surface area contributed by atoms with E-state index in [1.54, 1.807) is 0 Å². The minimum atomic E-state index is -0.396. The van der Waals surface area contributed by atoms with Crippen LogP contribution in [0.3, 0.4) is 0 Å². The average Bonchev–Trinajstić information content (AvgIpc) is 3.07. The standard InChI is InChI=1S/C17H19FN2O/c18-14-5-6-15(12(10-14)2-1-7-19)17(21)20-16-9-11-3-4-13(16)8-11/h5-6,10-11,13,16H,3-4,7-9,19H2,(H,20,21). The van der Waals surface area contributed by atoms with Crippen molar-refractivity contribution in [2.45, 2.75) is 31.7 Å². The largest absolute Gasteiger partial charge is 0.349 e. The van der Waals surface area contributed by atoms with E-state index in [0.717, 1.165) is 12.3 Å². The first-order chi connectivity index (χ1) is 10.2. The summed E-state index contributed by atoms with van der Waals surface area (Å²) in [6.07, 6.45) is 4.80. The third-order valence-electron chi connectivity index (χ3n) is 4.61. The van der Waals surface area contributed by atoms with Crippen LogP contribution in [0.5, 0.6) is 0 Å². The molecule has 1 amide bonds. The van der Waals surface area contributed by atoms with E-state index in [-0.39, 0.29) is 18.5 Å². The van der Waals surface area contributed by atoms with E-state index < -0.39 is 5.82 Å². The lowest BCUT2D eigenvalue weighted by molar-refractivity contribution is 0.0922. The van der Waals surface area contributed by atoms with Crippen molar-refractivity contribution in [1.29, 1.82) is 0 Å². The lowest BCUT2D eigenvalue weighted by atomic mass is 9.95. The number of carbonyl (C=O) groups is 1. The second-order valence-corrected chi connectivity index (χ2v) is 5.95. The molecule has 0 heterocycles. The summed E-state index contributed by atoms with van der Waals surface area (Å²) in [5.74, 6) is 6.28. The molecule has 4 heteroatoms. The summed E-state index contributed by atoms with van der Waals surface area (Å²) in [5.41, 5.74) is 6.18. The minimum Gasteiger partial charge on any atom is -0.349 e. The maximum Gasteiger partial charge on any atom is 0.252 e. The number of nitrogens with one attached hydrogen (secondary N) is 1. The first-order valence-corrected chi connectivity index (χ1v) is 7.46. The second-order valence-electron chi connectivity index (χ2n) is 5.95. The predicted octanol–water partition coefficient (Wildman–Crippen LogP) is 2.05. The topological polar surface area (TPSA) is 55.1 Å². The van der Waals surface area contributed by atoms with Crippen molar-refractivity contribution in [2.75, 3.05) is 6.54 Å². The van der Waals surface area contributed by atoms with Crippen molar-refractivity contribution in [3.8, 4) is 11.8 Å². The molecule has 1 aromatic carbocycles. The van der Waals surface area contributed by atoms with Gasteiger partial charge in [-0.1, -0.05) is 18.3 Å². The van der Waals surface area contributed by atoms with Crippen molar-refractivity contribution in [2.24, 2.45) is 17.6 Å². The fraction of sp³-hybridized carbons (Fsp3) is 0.471. The van der Waals surface area contributed by atoms with Crippen LogP contribution in [-0.2, 0) is 0 Å². The van der Waals surface area contributed by atoms with Crippen LogP contribution in [0.15, 0.2) is 18.2 Å². The van der Waals surface area contributed by atoms with E-state index in [4.69, 9.17) is 5.73 Å². The molecule has 3 nitrogen and oxygen atoms in total. The van der Waals surface area contributed by atoms with Crippen molar-refractivity contribution in [3.05, 3.63) is 35.1 Å². The summed E-state index contributed by atoms with van der Waals surface area (Å²) >= 11 is 0. The highest BCUT2D eigenvalue weighted by molar-refractivity contribution is 5.97. The third-order valence-corrected chi connectivity index (χ3v) is 4.61. The highest BCUT2D eigenvalue weighted by Gasteiger charge is 2.40. The number of rotatable bonds is 2. The van der Waals surface area contributed by atoms with Crippen LogP contribution in [0.2, 0.25) is 0 Å². The van der Waals surface area contributed by atoms with Crippen LogP contribution in [0, 0.1) is 29.5 Å². The van der Waals surface area contributed by atoms with Gasteiger partial charge in [-0.15, -0.1) is 0 Å². The number of carbonyl (C=O) groups excluding carboxylic acids is 1. The van der Waals surface area contributed by atoms with Crippen molar-refractivity contribution in [1.82, 2.24) is 5.32 Å². The molecule has 0 saturated heterocycles. The Morgan fingerprint density at radius 1 is 1.38 bits per heavy atom. The van der Waals surface area contributed by atoms with Gasteiger partial charge in [0.05, 0.1) is 12.1 Å². The van der Waals surface area contributed by atoms with Gasteiger partial charge in [-0.2, -0.15) is 0 Å². The number of nitrogens with two attached hydrogens (primary N) is 1. The smallest absolute Gasteiger partial charge is 0.252 e. The van der Waals surface area contributed by atoms with Crippen LogP contribution in [0.25, 0.3) is 0 Å². The van der Waals surface area contributed by atoms with E-state index in [1.807, 2.05) is 0 Å². The van der Waals surface area contributed by atoms with Crippen LogP contribution >= 0.6 is 0 Å². The Hall–Kier alpha value is -1.86. The van der Waals surface area contributed by atoms with Gasteiger partial charge in [-0.25, -0.2) is 4.39 Å². The molecular formula is C17H19FN2O. The van der Waals surface area contributed by atoms with Crippen LogP contribution in [-0.4, -0.2) is 18.5 Å². The first kappa shape index (κ1) is 14.1. The molecule has 2 aliphatic carbocycles. The number of amides is 1. The quantitative estimate of drug-likeness (QED) is 0.818. The molecule has 0 aromatic heterocycles. The fourth-order valence-corrected chi connectivity index (χ4v) is 3.63. The Kier molecular flexibility index (Phi) is 3.94. The van der Waals surface area contributed by atoms with Gasteiger partial charge in [0.25, 0.3) is 5.91 Å². The van der Waals surface area contributed by atoms with Crippen molar-refractivity contribution >= 4 is 5.91 Å². The Morgan fingerprint density at radius 2 is 2.24 bits per heavy atom. The van der Waals surface area contributed by atoms with E-state index in [1.165, 1.54) is 37.5 Å². The molecule has 3 unspecified atom stereocenters. The zero-order chi connectivity index (χ0) is 14.8. The lowest BCUT2D eigenvalue weighted by Gasteiger charge is -2.23. The summed E-state index contributed by atoms with van der Waals surface area (Å²) in [6.45, 7) is 0.184. The SMILES string of the molecule is NCC#Cc1cc(F)ccc1C(=O)NC1CC2CCC1C2. The molecule has 0 aliphatic heterocycles. The highest BCUT2D eigenvalue weighted by Crippen LogP contribution is 2.44. The van der Waals surface area contributed by atoms with Crippen molar-refractivity contribution in [3.63, 3.8) is 0 Å². The Morgan fingerprint density at radius 3 is 2.90 bits per heavy atom. The number of benzene rings is 1. The molecule has 3 rings (SSSR count). The molecule has 0 radical (unpaired) electrons. The zero-order valence-electron chi connectivity index (χ0n) is 11.9. The number of fused-ring (bicyclic) bond motifs is 2. The van der Waals surface area contributed by atoms with Gasteiger partial charge in [0, 0.05) is 11.6 Å². The molecule has 2 aliphatic rings. The summed E-state index contributed by atoms with van der Waals surface area (Å²) in [4.78, 5) is 12.4. The van der Waals surface area contributed by atoms with Gasteiger partial charge in [0.1, 0.15) is 5.82 Å². The van der Waals surface area contributed by atoms with Gasteiger partial charge >= 0.3 is 0 Å². The molecule has 1 aromatic rings. The normalized spacial score (nSPS) is 26.3. The van der Waals surface area contributed by atoms with Crippen LogP contribution in [0.1, 0.15) is 41.6 Å². The van der Waals surface area contributed by atoms with Crippen LogP contribution < -0.4 is 11.1 Å². The summed E-state index contributed by atoms with van der Waals surface area (Å²) in [6, 6.07) is 4.34. The summed E-state index contributed by atoms with van der Waals surface area (Å²) in [7, 11) is 0. The van der Waals surface area contributed by atoms with E-state index in [9.17, 15) is 9.18 Å². The molecule has 0 spiro atoms. The molecule has 3 atom stereocenters. The van der Waals surface area contributed by atoms with Gasteiger partial charge in [-0.3, -0.25) is 4.79 Å². The third kappa shape index (κ3) is 2.93. The number of hydrogen-bond donors (Lipinski definition) is 2. The average molecular weight is 286 g/mol. The van der Waals surface area contributed by atoms with Gasteiger partial charge < -0.3 is 11.1 Å². The Bertz CT molecular complexity index is 617. The fourth-order valence-electron chi connectivity index (χ4n) is 3.63. The van der Waals surface area contributed by atoms with E-state index in [2.05, 4.69) is 17.2 Å². The van der Waals surface area contributed by atoms with Gasteiger partial charge in [0.2, 0.25) is 0 Å². The summed E-state index contributed by atoms with van der Waals surface area (Å²) in [5, 5.41) is 3.10. The van der Waals surface area contributed by atoms with Crippen molar-refractivity contribution < 1.29 is 9.18 Å². The maximum atomic E-state index is 13.3. The first-order valence-electron chi connectivity index (χ1n) is 7.46. The van der Waals surface area contributed by atoms with E-state index >= 15 is 0 Å². The molecule has 110 valence electrons. The van der Waals surface area contributed by atoms with Gasteiger partial charge in [-0.05, 0) is 49.3 Å². The van der Waals surface area contributed by atoms with E-state index in [0.29, 0.717) is 17.0 Å². The summed E-state index contributed by atoms with van der Waals surface area (Å²) < 4.78 is 13.3. The second kappa shape index (κ2) is 5.87. The molecule has 2 fully saturated rings. The molecule has 21 heavy (non-hydrogen) atoms. The molecule has 2 saturated carbocycles. The minimum absolute atomic E-state index is 0.158. The van der Waals surface area contributed by atoms with Crippen LogP contribution in [0.4, 0.5) is 4.39 Å². The Labute approximate surface area is 124 Å². The molecule has 2 bridgehead atoms. The monoisotopic (exact) mass is 286 g/mol. The number of halogens is 1. The molecule has 3 N–H and O–H groups in total. The maximum absolute atomic E-state index is 13.3. The lowest BCUT2D eigenvalue weighted by Crippen LogP contribution is -2.38.